The van der Waals surface area contributed by atoms with Crippen LogP contribution in [0.2, 0.25) is 0 Å². The average molecular weight is 412 g/mol. The van der Waals surface area contributed by atoms with Gasteiger partial charge in [0.25, 0.3) is 0 Å². The molecule has 1 aromatic heterocycles. The quantitative estimate of drug-likeness (QED) is 0.433. The molecule has 0 aliphatic heterocycles. The number of halogens is 5. The summed E-state index contributed by atoms with van der Waals surface area (Å²) in [5.41, 5.74) is 0.277. The largest absolute Gasteiger partial charge is 0.573 e. The zero-order valence-electron chi connectivity index (χ0n) is 7.94. The molecule has 0 atom stereocenters. The number of aromatic nitrogens is 1. The van der Waals surface area contributed by atoms with Crippen LogP contribution >= 0.6 is 38.5 Å². The van der Waals surface area contributed by atoms with Crippen LogP contribution in [0.15, 0.2) is 6.20 Å². The Kier molecular flexibility index (Phi) is 4.65. The summed E-state index contributed by atoms with van der Waals surface area (Å²) in [7, 11) is 1.35. The van der Waals surface area contributed by atoms with Crippen LogP contribution in [0.3, 0.4) is 0 Å². The summed E-state index contributed by atoms with van der Waals surface area (Å²) < 4.78 is 45.4. The third kappa shape index (κ3) is 3.37. The highest BCUT2D eigenvalue weighted by molar-refractivity contribution is 14.1. The van der Waals surface area contributed by atoms with Crippen LogP contribution in [0.1, 0.15) is 5.56 Å². The summed E-state index contributed by atoms with van der Waals surface area (Å²) in [6.07, 6.45) is -3.40. The van der Waals surface area contributed by atoms with Gasteiger partial charge in [-0.2, -0.15) is 0 Å². The Balaban J connectivity index is 3.23. The van der Waals surface area contributed by atoms with E-state index in [-0.39, 0.29) is 26.1 Å². The second-order valence-electron chi connectivity index (χ2n) is 2.61. The van der Waals surface area contributed by atoms with E-state index in [4.69, 9.17) is 4.74 Å². The molecule has 0 fully saturated rings. The van der Waals surface area contributed by atoms with E-state index >= 15 is 0 Å². The lowest BCUT2D eigenvalue weighted by Crippen LogP contribution is -2.19. The molecule has 0 N–H and O–H groups in total. The first-order valence-corrected chi connectivity index (χ1v) is 6.12. The summed E-state index contributed by atoms with van der Waals surface area (Å²) >= 11 is 4.75. The van der Waals surface area contributed by atoms with Crippen LogP contribution in [0, 0.1) is 3.70 Å². The molecule has 0 aliphatic carbocycles. The molecule has 0 saturated heterocycles. The van der Waals surface area contributed by atoms with Gasteiger partial charge in [0.05, 0.1) is 18.9 Å². The van der Waals surface area contributed by atoms with Gasteiger partial charge in [0.2, 0.25) is 0 Å². The monoisotopic (exact) mass is 411 g/mol. The van der Waals surface area contributed by atoms with Gasteiger partial charge < -0.3 is 9.47 Å². The van der Waals surface area contributed by atoms with E-state index in [1.54, 1.807) is 22.6 Å². The van der Waals surface area contributed by atoms with Gasteiger partial charge in [-0.15, -0.1) is 13.2 Å². The summed E-state index contributed by atoms with van der Waals surface area (Å²) in [6, 6.07) is 0. The molecule has 1 heterocycles. The predicted octanol–water partition coefficient (Wildman–Crippen LogP) is 3.49. The molecule has 0 amide bonds. The van der Waals surface area contributed by atoms with Crippen LogP contribution in [-0.4, -0.2) is 18.5 Å². The number of ether oxygens (including phenoxy) is 2. The minimum atomic E-state index is -4.75. The zero-order chi connectivity index (χ0) is 12.3. The number of pyridine rings is 1. The third-order valence-electron chi connectivity index (χ3n) is 1.63. The van der Waals surface area contributed by atoms with Crippen molar-refractivity contribution in [3.8, 4) is 11.5 Å². The van der Waals surface area contributed by atoms with Crippen molar-refractivity contribution in [3.63, 3.8) is 0 Å². The lowest BCUT2D eigenvalue weighted by molar-refractivity contribution is -0.275. The average Bonchev–Trinajstić information content (AvgIpc) is 2.19. The molecule has 16 heavy (non-hydrogen) atoms. The van der Waals surface area contributed by atoms with Gasteiger partial charge in [0.1, 0.15) is 9.45 Å². The molecule has 0 unspecified atom stereocenters. The third-order valence-corrected chi connectivity index (χ3v) is 2.95. The fraction of sp³-hybridized carbons (Fsp3) is 0.375. The molecule has 90 valence electrons. The van der Waals surface area contributed by atoms with Gasteiger partial charge in [0, 0.05) is 5.33 Å². The summed E-state index contributed by atoms with van der Waals surface area (Å²) in [4.78, 5) is 3.76. The number of alkyl halides is 4. The zero-order valence-corrected chi connectivity index (χ0v) is 11.7. The maximum atomic E-state index is 12.2. The molecule has 1 rings (SSSR count). The maximum Gasteiger partial charge on any atom is 0.573 e. The van der Waals surface area contributed by atoms with Gasteiger partial charge in [-0.05, 0) is 22.6 Å². The molecule has 0 aromatic carbocycles. The molecule has 0 saturated carbocycles. The normalized spacial score (nSPS) is 11.4. The van der Waals surface area contributed by atoms with Gasteiger partial charge >= 0.3 is 6.36 Å². The molecule has 0 spiro atoms. The summed E-state index contributed by atoms with van der Waals surface area (Å²) in [6.45, 7) is 0. The van der Waals surface area contributed by atoms with Crippen molar-refractivity contribution in [2.75, 3.05) is 7.11 Å². The fourth-order valence-electron chi connectivity index (χ4n) is 1.01. The highest BCUT2D eigenvalue weighted by Crippen LogP contribution is 2.36. The van der Waals surface area contributed by atoms with Crippen LogP contribution in [0.25, 0.3) is 0 Å². The van der Waals surface area contributed by atoms with E-state index < -0.39 is 6.36 Å². The highest BCUT2D eigenvalue weighted by atomic mass is 127. The van der Waals surface area contributed by atoms with Crippen molar-refractivity contribution in [1.29, 1.82) is 0 Å². The van der Waals surface area contributed by atoms with E-state index in [1.165, 1.54) is 13.3 Å². The van der Waals surface area contributed by atoms with Crippen molar-refractivity contribution in [2.45, 2.75) is 11.7 Å². The van der Waals surface area contributed by atoms with Crippen molar-refractivity contribution < 1.29 is 22.6 Å². The van der Waals surface area contributed by atoms with Gasteiger partial charge in [-0.1, -0.05) is 15.9 Å². The Morgan fingerprint density at radius 1 is 1.50 bits per heavy atom. The van der Waals surface area contributed by atoms with E-state index in [0.717, 1.165) is 0 Å². The number of hydrogen-bond donors (Lipinski definition) is 0. The SMILES string of the molecule is COc1cnc(I)c(OC(F)(F)F)c1CBr. The smallest absolute Gasteiger partial charge is 0.495 e. The lowest BCUT2D eigenvalue weighted by atomic mass is 10.2. The minimum absolute atomic E-state index is 0.130. The molecular formula is C8H6BrF3INO2. The van der Waals surface area contributed by atoms with Crippen molar-refractivity contribution in [3.05, 3.63) is 15.5 Å². The van der Waals surface area contributed by atoms with Crippen molar-refractivity contribution in [1.82, 2.24) is 4.98 Å². The molecule has 0 radical (unpaired) electrons. The summed E-state index contributed by atoms with van der Waals surface area (Å²) in [5.74, 6) is -0.0825. The second kappa shape index (κ2) is 5.39. The highest BCUT2D eigenvalue weighted by Gasteiger charge is 2.34. The van der Waals surface area contributed by atoms with E-state index in [1.807, 2.05) is 0 Å². The molecule has 0 bridgehead atoms. The van der Waals surface area contributed by atoms with E-state index in [0.29, 0.717) is 0 Å². The molecular weight excluding hydrogens is 406 g/mol. The Morgan fingerprint density at radius 3 is 2.56 bits per heavy atom. The van der Waals surface area contributed by atoms with Crippen LogP contribution in [-0.2, 0) is 5.33 Å². The number of nitrogens with zero attached hydrogens (tertiary/aromatic N) is 1. The molecule has 8 heteroatoms. The maximum absolute atomic E-state index is 12.2. The van der Waals surface area contributed by atoms with Gasteiger partial charge in [0.15, 0.2) is 5.75 Å². The van der Waals surface area contributed by atoms with Crippen LogP contribution in [0.5, 0.6) is 11.5 Å². The minimum Gasteiger partial charge on any atom is -0.495 e. The first kappa shape index (κ1) is 13.8. The van der Waals surface area contributed by atoms with Crippen LogP contribution in [0.4, 0.5) is 13.2 Å². The Morgan fingerprint density at radius 2 is 2.12 bits per heavy atom. The van der Waals surface area contributed by atoms with Crippen LogP contribution < -0.4 is 9.47 Å². The Labute approximate surface area is 112 Å². The van der Waals surface area contributed by atoms with E-state index in [9.17, 15) is 13.2 Å². The number of rotatable bonds is 3. The number of methoxy groups -OCH3 is 1. The standard InChI is InChI=1S/C8H6BrF3INO2/c1-15-5-3-14-7(13)6(4(5)2-9)16-8(10,11)12/h3H,2H2,1H3. The first-order valence-electron chi connectivity index (χ1n) is 3.92. The number of hydrogen-bond acceptors (Lipinski definition) is 3. The molecule has 0 aliphatic rings. The Hall–Kier alpha value is -0.250. The molecule has 3 nitrogen and oxygen atoms in total. The Bertz CT molecular complexity index is 386. The molecule has 1 aromatic rings. The predicted molar refractivity (Wildman–Crippen MR) is 62.8 cm³/mol. The first-order chi connectivity index (χ1) is 7.39. The fourth-order valence-corrected chi connectivity index (χ4v) is 2.12. The van der Waals surface area contributed by atoms with Crippen molar-refractivity contribution in [2.24, 2.45) is 0 Å². The van der Waals surface area contributed by atoms with E-state index in [2.05, 4.69) is 25.7 Å². The second-order valence-corrected chi connectivity index (χ2v) is 4.19. The summed E-state index contributed by atoms with van der Waals surface area (Å²) in [5, 5.41) is 0.181. The topological polar surface area (TPSA) is 31.4 Å². The van der Waals surface area contributed by atoms with Gasteiger partial charge in [-0.25, -0.2) is 4.98 Å². The van der Waals surface area contributed by atoms with Gasteiger partial charge in [-0.3, -0.25) is 0 Å². The lowest BCUT2D eigenvalue weighted by Gasteiger charge is -2.15. The van der Waals surface area contributed by atoms with Crippen molar-refractivity contribution >= 4 is 38.5 Å².